The first-order valence-corrected chi connectivity index (χ1v) is 6.43. The summed E-state index contributed by atoms with van der Waals surface area (Å²) >= 11 is 0. The van der Waals surface area contributed by atoms with Crippen LogP contribution in [0.25, 0.3) is 0 Å². The van der Waals surface area contributed by atoms with Gasteiger partial charge in [0.1, 0.15) is 5.75 Å². The van der Waals surface area contributed by atoms with Crippen molar-refractivity contribution in [3.05, 3.63) is 29.8 Å². The van der Waals surface area contributed by atoms with Gasteiger partial charge in [0, 0.05) is 12.1 Å². The Morgan fingerprint density at radius 1 is 1.41 bits per heavy atom. The van der Waals surface area contributed by atoms with Gasteiger partial charge in [0.05, 0.1) is 6.10 Å². The van der Waals surface area contributed by atoms with Gasteiger partial charge in [-0.2, -0.15) is 0 Å². The van der Waals surface area contributed by atoms with Crippen LogP contribution in [-0.4, -0.2) is 22.3 Å². The summed E-state index contributed by atoms with van der Waals surface area (Å²) in [6.07, 6.45) is 3.95. The van der Waals surface area contributed by atoms with E-state index in [9.17, 15) is 10.2 Å². The molecule has 1 fully saturated rings. The van der Waals surface area contributed by atoms with E-state index in [4.69, 9.17) is 0 Å². The summed E-state index contributed by atoms with van der Waals surface area (Å²) in [7, 11) is 0. The highest BCUT2D eigenvalue weighted by atomic mass is 16.3. The van der Waals surface area contributed by atoms with Crippen molar-refractivity contribution >= 4 is 0 Å². The molecule has 0 spiro atoms. The highest BCUT2D eigenvalue weighted by Crippen LogP contribution is 2.28. The number of phenols is 1. The first-order valence-electron chi connectivity index (χ1n) is 6.43. The summed E-state index contributed by atoms with van der Waals surface area (Å²) in [5.41, 5.74) is 0.791. The Bertz CT molecular complexity index is 367. The maximum absolute atomic E-state index is 10.3. The molecule has 0 saturated carbocycles. The number of rotatable bonds is 4. The van der Waals surface area contributed by atoms with Gasteiger partial charge < -0.3 is 15.5 Å². The van der Waals surface area contributed by atoms with Crippen molar-refractivity contribution < 1.29 is 10.2 Å². The van der Waals surface area contributed by atoms with Crippen LogP contribution in [-0.2, 0) is 0 Å². The van der Waals surface area contributed by atoms with Crippen molar-refractivity contribution in [2.24, 2.45) is 0 Å². The summed E-state index contributed by atoms with van der Waals surface area (Å²) < 4.78 is 0. The van der Waals surface area contributed by atoms with Gasteiger partial charge in [0.15, 0.2) is 0 Å². The molecule has 3 nitrogen and oxygen atoms in total. The molecule has 3 unspecified atom stereocenters. The van der Waals surface area contributed by atoms with E-state index < -0.39 is 6.10 Å². The molecule has 1 aliphatic rings. The lowest BCUT2D eigenvalue weighted by Crippen LogP contribution is -2.33. The van der Waals surface area contributed by atoms with E-state index in [1.165, 1.54) is 12.8 Å². The van der Waals surface area contributed by atoms with E-state index in [0.717, 1.165) is 18.4 Å². The molecule has 1 heterocycles. The van der Waals surface area contributed by atoms with Crippen molar-refractivity contribution in [1.29, 1.82) is 0 Å². The van der Waals surface area contributed by atoms with Gasteiger partial charge >= 0.3 is 0 Å². The Morgan fingerprint density at radius 3 is 2.94 bits per heavy atom. The van der Waals surface area contributed by atoms with Crippen LogP contribution in [0.3, 0.4) is 0 Å². The Morgan fingerprint density at radius 2 is 2.24 bits per heavy atom. The smallest absolute Gasteiger partial charge is 0.115 e. The summed E-state index contributed by atoms with van der Waals surface area (Å²) in [4.78, 5) is 0. The van der Waals surface area contributed by atoms with E-state index in [1.54, 1.807) is 18.2 Å². The topological polar surface area (TPSA) is 52.5 Å². The highest BCUT2D eigenvalue weighted by molar-refractivity contribution is 5.29. The van der Waals surface area contributed by atoms with Gasteiger partial charge in [-0.1, -0.05) is 25.5 Å². The number of aliphatic hydroxyl groups is 1. The minimum absolute atomic E-state index is 0.119. The number of nitrogens with one attached hydrogen (secondary N) is 1. The van der Waals surface area contributed by atoms with Crippen LogP contribution in [0, 0.1) is 0 Å². The van der Waals surface area contributed by atoms with Crippen LogP contribution >= 0.6 is 0 Å². The number of hydrogen-bond acceptors (Lipinski definition) is 3. The lowest BCUT2D eigenvalue weighted by atomic mass is 10.0. The maximum Gasteiger partial charge on any atom is 0.115 e. The molecular formula is C14H21NO2. The third kappa shape index (κ3) is 2.99. The van der Waals surface area contributed by atoms with Crippen molar-refractivity contribution in [3.8, 4) is 5.75 Å². The third-order valence-electron chi connectivity index (χ3n) is 3.51. The van der Waals surface area contributed by atoms with Crippen molar-refractivity contribution in [1.82, 2.24) is 5.32 Å². The second-order valence-corrected chi connectivity index (χ2v) is 4.88. The Hall–Kier alpha value is -1.06. The molecule has 0 bridgehead atoms. The first-order chi connectivity index (χ1) is 8.20. The van der Waals surface area contributed by atoms with Gasteiger partial charge in [0.25, 0.3) is 0 Å². The molecule has 3 N–H and O–H groups in total. The van der Waals surface area contributed by atoms with E-state index in [1.807, 2.05) is 6.07 Å². The van der Waals surface area contributed by atoms with Gasteiger partial charge in [-0.25, -0.2) is 0 Å². The molecule has 3 atom stereocenters. The summed E-state index contributed by atoms with van der Waals surface area (Å²) in [5, 5.41) is 23.1. The molecule has 94 valence electrons. The fraction of sp³-hybridized carbons (Fsp3) is 0.571. The minimum atomic E-state index is -0.524. The zero-order chi connectivity index (χ0) is 12.3. The lowest BCUT2D eigenvalue weighted by molar-refractivity contribution is 0.134. The fourth-order valence-corrected chi connectivity index (χ4v) is 2.62. The first kappa shape index (κ1) is 12.4. The zero-order valence-electron chi connectivity index (χ0n) is 10.3. The van der Waals surface area contributed by atoms with Crippen LogP contribution in [0.2, 0.25) is 0 Å². The highest BCUT2D eigenvalue weighted by Gasteiger charge is 2.29. The van der Waals surface area contributed by atoms with E-state index in [-0.39, 0.29) is 11.8 Å². The van der Waals surface area contributed by atoms with E-state index >= 15 is 0 Å². The second-order valence-electron chi connectivity index (χ2n) is 4.88. The second kappa shape index (κ2) is 5.52. The molecule has 0 aliphatic carbocycles. The van der Waals surface area contributed by atoms with Crippen LogP contribution in [0.5, 0.6) is 5.75 Å². The van der Waals surface area contributed by atoms with Crippen LogP contribution < -0.4 is 5.32 Å². The van der Waals surface area contributed by atoms with Gasteiger partial charge in [0.2, 0.25) is 0 Å². The van der Waals surface area contributed by atoms with Crippen molar-refractivity contribution in [2.75, 3.05) is 0 Å². The summed E-state index contributed by atoms with van der Waals surface area (Å²) in [6, 6.07) is 7.55. The molecular weight excluding hydrogens is 214 g/mol. The van der Waals surface area contributed by atoms with Crippen molar-refractivity contribution in [2.45, 2.75) is 50.8 Å². The molecule has 17 heavy (non-hydrogen) atoms. The Labute approximate surface area is 102 Å². The zero-order valence-corrected chi connectivity index (χ0v) is 10.3. The molecule has 0 radical (unpaired) electrons. The fourth-order valence-electron chi connectivity index (χ4n) is 2.62. The summed E-state index contributed by atoms with van der Waals surface area (Å²) in [5.74, 6) is 0.213. The molecule has 1 saturated heterocycles. The predicted molar refractivity (Wildman–Crippen MR) is 67.9 cm³/mol. The monoisotopic (exact) mass is 235 g/mol. The molecule has 3 heteroatoms. The van der Waals surface area contributed by atoms with E-state index in [0.29, 0.717) is 6.04 Å². The number of aliphatic hydroxyl groups excluding tert-OH is 1. The number of aromatic hydroxyl groups is 1. The standard InChI is InChI=1S/C14H21NO2/c1-2-4-11-7-8-13(15-11)14(17)10-5-3-6-12(16)9-10/h3,5-6,9,11,13-17H,2,4,7-8H2,1H3. The van der Waals surface area contributed by atoms with Gasteiger partial charge in [-0.3, -0.25) is 0 Å². The SMILES string of the molecule is CCCC1CCC(C(O)c2cccc(O)c2)N1. The van der Waals surface area contributed by atoms with Crippen LogP contribution in [0.4, 0.5) is 0 Å². The van der Waals surface area contributed by atoms with E-state index in [2.05, 4.69) is 12.2 Å². The number of hydrogen-bond donors (Lipinski definition) is 3. The average Bonchev–Trinajstić information content (AvgIpc) is 2.77. The van der Waals surface area contributed by atoms with Gasteiger partial charge in [-0.05, 0) is 37.0 Å². The van der Waals surface area contributed by atoms with Crippen LogP contribution in [0.15, 0.2) is 24.3 Å². The number of benzene rings is 1. The Kier molecular flexibility index (Phi) is 4.02. The molecule has 0 aromatic heterocycles. The van der Waals surface area contributed by atoms with Crippen LogP contribution in [0.1, 0.15) is 44.3 Å². The summed E-state index contributed by atoms with van der Waals surface area (Å²) in [6.45, 7) is 2.18. The Balaban J connectivity index is 1.99. The largest absolute Gasteiger partial charge is 0.508 e. The molecule has 1 aromatic rings. The number of phenolic OH excluding ortho intramolecular Hbond substituents is 1. The lowest BCUT2D eigenvalue weighted by Gasteiger charge is -2.20. The molecule has 1 aromatic carbocycles. The van der Waals surface area contributed by atoms with Gasteiger partial charge in [-0.15, -0.1) is 0 Å². The molecule has 2 rings (SSSR count). The van der Waals surface area contributed by atoms with Crippen molar-refractivity contribution in [3.63, 3.8) is 0 Å². The average molecular weight is 235 g/mol. The molecule has 1 aliphatic heterocycles. The quantitative estimate of drug-likeness (QED) is 0.751. The maximum atomic E-state index is 10.3. The normalized spacial score (nSPS) is 26.0. The third-order valence-corrected chi connectivity index (χ3v) is 3.51. The molecule has 0 amide bonds. The predicted octanol–water partition coefficient (Wildman–Crippen LogP) is 2.35. The minimum Gasteiger partial charge on any atom is -0.508 e.